The first-order valence-electron chi connectivity index (χ1n) is 9.38. The van der Waals surface area contributed by atoms with Crippen LogP contribution in [0.2, 0.25) is 0 Å². The molecule has 4 N–H and O–H groups in total. The van der Waals surface area contributed by atoms with Gasteiger partial charge in [-0.25, -0.2) is 0 Å². The maximum atomic E-state index is 6.19. The number of hydrogen-bond donors (Lipinski definition) is 2. The van der Waals surface area contributed by atoms with Gasteiger partial charge in [0.25, 0.3) is 0 Å². The third kappa shape index (κ3) is 3.42. The number of nitrogens with two attached hydrogens (primary N) is 2. The van der Waals surface area contributed by atoms with Crippen LogP contribution in [-0.4, -0.2) is 16.8 Å². The lowest BCUT2D eigenvalue weighted by Crippen LogP contribution is -2.43. The van der Waals surface area contributed by atoms with Crippen LogP contribution in [-0.2, 0) is 0 Å². The number of benzene rings is 2. The summed E-state index contributed by atoms with van der Waals surface area (Å²) in [5, 5.41) is 3.48. The van der Waals surface area contributed by atoms with Crippen molar-refractivity contribution in [3.63, 3.8) is 0 Å². The minimum Gasteiger partial charge on any atom is -0.399 e. The van der Waals surface area contributed by atoms with Crippen LogP contribution >= 0.6 is 15.9 Å². The van der Waals surface area contributed by atoms with E-state index in [1.165, 1.54) is 33.0 Å². The zero-order valence-corrected chi connectivity index (χ0v) is 16.9. The average Bonchev–Trinajstić information content (AvgIpc) is 2.68. The Labute approximate surface area is 168 Å². The summed E-state index contributed by atoms with van der Waals surface area (Å²) in [4.78, 5) is 2.44. The number of hydrogen-bond acceptors (Lipinski definition) is 3. The van der Waals surface area contributed by atoms with Crippen molar-refractivity contribution in [3.8, 4) is 0 Å². The van der Waals surface area contributed by atoms with Gasteiger partial charge in [0.2, 0.25) is 0 Å². The minimum absolute atomic E-state index is 0.793. The number of nitrogens with zero attached hydrogens (tertiary/aromatic N) is 1. The van der Waals surface area contributed by atoms with Gasteiger partial charge in [-0.3, -0.25) is 0 Å². The van der Waals surface area contributed by atoms with Crippen LogP contribution < -0.4 is 21.9 Å². The van der Waals surface area contributed by atoms with Gasteiger partial charge in [0, 0.05) is 34.2 Å². The molecule has 0 aromatic heterocycles. The van der Waals surface area contributed by atoms with E-state index in [4.69, 9.17) is 11.5 Å². The molecule has 0 radical (unpaired) electrons. The third-order valence-electron chi connectivity index (χ3n) is 5.15. The van der Waals surface area contributed by atoms with Crippen molar-refractivity contribution in [2.75, 3.05) is 17.6 Å². The second-order valence-electron chi connectivity index (χ2n) is 6.98. The lowest BCUT2D eigenvalue weighted by Gasteiger charge is -2.36. The highest BCUT2D eigenvalue weighted by Gasteiger charge is 2.26. The number of alkyl halides is 1. The van der Waals surface area contributed by atoms with Gasteiger partial charge in [-0.1, -0.05) is 58.4 Å². The SMILES string of the molecule is NC1=CCC2=c3ccc(N)cc3=C(c3ccccc3)N(CCCCBr)C2=C1. The van der Waals surface area contributed by atoms with Gasteiger partial charge in [-0.2, -0.15) is 0 Å². The number of nitrogen functional groups attached to an aromatic ring is 1. The average molecular weight is 422 g/mol. The Morgan fingerprint density at radius 3 is 2.56 bits per heavy atom. The Balaban J connectivity index is 2.02. The molecule has 2 aromatic rings. The Bertz CT molecular complexity index is 1040. The molecule has 0 unspecified atom stereocenters. The standard InChI is InChI=1S/C23H24BrN3/c24-12-4-5-13-27-22-15-18(26)9-11-20(22)19-10-8-17(25)14-21(19)23(27)16-6-2-1-3-7-16/h1-3,6-10,14-15H,4-5,11-13,25-26H2. The van der Waals surface area contributed by atoms with Gasteiger partial charge in [-0.15, -0.1) is 0 Å². The molecule has 1 aliphatic heterocycles. The van der Waals surface area contributed by atoms with Gasteiger partial charge in [0.15, 0.2) is 0 Å². The summed E-state index contributed by atoms with van der Waals surface area (Å²) < 4.78 is 0. The Hall–Kier alpha value is -2.46. The largest absolute Gasteiger partial charge is 0.399 e. The second-order valence-corrected chi connectivity index (χ2v) is 7.78. The Kier molecular flexibility index (Phi) is 5.08. The quantitative estimate of drug-likeness (QED) is 0.442. The third-order valence-corrected chi connectivity index (χ3v) is 5.71. The normalized spacial score (nSPS) is 15.8. The molecule has 2 aliphatic rings. The highest BCUT2D eigenvalue weighted by Crippen LogP contribution is 2.33. The summed E-state index contributed by atoms with van der Waals surface area (Å²) in [7, 11) is 0. The molecular weight excluding hydrogens is 398 g/mol. The summed E-state index contributed by atoms with van der Waals surface area (Å²) in [6.45, 7) is 0.951. The van der Waals surface area contributed by atoms with E-state index in [0.29, 0.717) is 0 Å². The van der Waals surface area contributed by atoms with Crippen LogP contribution in [0.25, 0.3) is 11.3 Å². The smallest absolute Gasteiger partial charge is 0.0564 e. The molecule has 0 bridgehead atoms. The van der Waals surface area contributed by atoms with E-state index in [-0.39, 0.29) is 0 Å². The maximum Gasteiger partial charge on any atom is 0.0564 e. The molecule has 138 valence electrons. The maximum absolute atomic E-state index is 6.19. The molecule has 0 fully saturated rings. The summed E-state index contributed by atoms with van der Waals surface area (Å²) >= 11 is 3.56. The van der Waals surface area contributed by atoms with E-state index >= 15 is 0 Å². The van der Waals surface area contributed by atoms with Gasteiger partial charge in [-0.05, 0) is 53.8 Å². The van der Waals surface area contributed by atoms with Gasteiger partial charge in [0.1, 0.15) is 0 Å². The molecule has 0 spiro atoms. The van der Waals surface area contributed by atoms with Gasteiger partial charge >= 0.3 is 0 Å². The summed E-state index contributed by atoms with van der Waals surface area (Å²) in [5.74, 6) is 0. The molecule has 4 heteroatoms. The number of halogens is 1. The fraction of sp³-hybridized carbons (Fsp3) is 0.217. The van der Waals surface area contributed by atoms with Crippen LogP contribution in [0.1, 0.15) is 24.8 Å². The molecule has 3 nitrogen and oxygen atoms in total. The van der Waals surface area contributed by atoms with Crippen molar-refractivity contribution < 1.29 is 0 Å². The summed E-state index contributed by atoms with van der Waals surface area (Å²) in [5.41, 5.74) is 19.0. The minimum atomic E-state index is 0.793. The molecule has 0 atom stereocenters. The molecule has 0 amide bonds. The van der Waals surface area contributed by atoms with Crippen molar-refractivity contribution >= 4 is 32.9 Å². The molecule has 2 aromatic carbocycles. The van der Waals surface area contributed by atoms with E-state index in [1.807, 2.05) is 6.07 Å². The number of anilines is 1. The first-order chi connectivity index (χ1) is 13.2. The predicted molar refractivity (Wildman–Crippen MR) is 117 cm³/mol. The monoisotopic (exact) mass is 421 g/mol. The number of fused-ring (bicyclic) bond motifs is 2. The summed E-state index contributed by atoms with van der Waals surface area (Å²) in [6, 6.07) is 16.8. The lowest BCUT2D eigenvalue weighted by atomic mass is 9.91. The van der Waals surface area contributed by atoms with Crippen LogP contribution in [0.4, 0.5) is 5.69 Å². The lowest BCUT2D eigenvalue weighted by molar-refractivity contribution is 0.477. The zero-order valence-electron chi connectivity index (χ0n) is 15.3. The molecular formula is C23H24BrN3. The first-order valence-corrected chi connectivity index (χ1v) is 10.5. The van der Waals surface area contributed by atoms with E-state index < -0.39 is 0 Å². The van der Waals surface area contributed by atoms with Gasteiger partial charge < -0.3 is 16.4 Å². The van der Waals surface area contributed by atoms with Crippen molar-refractivity contribution in [1.82, 2.24) is 4.90 Å². The predicted octanol–water partition coefficient (Wildman–Crippen LogP) is 3.20. The van der Waals surface area contributed by atoms with Crippen LogP contribution in [0.5, 0.6) is 0 Å². The molecule has 1 aliphatic carbocycles. The molecule has 0 saturated carbocycles. The number of allylic oxidation sites excluding steroid dienone is 3. The molecule has 0 saturated heterocycles. The van der Waals surface area contributed by atoms with E-state index in [1.54, 1.807) is 0 Å². The Morgan fingerprint density at radius 2 is 1.78 bits per heavy atom. The number of unbranched alkanes of at least 4 members (excludes halogenated alkanes) is 1. The first kappa shape index (κ1) is 17.9. The van der Waals surface area contributed by atoms with Crippen LogP contribution in [0.15, 0.2) is 72.1 Å². The van der Waals surface area contributed by atoms with Gasteiger partial charge in [0.05, 0.1) is 5.70 Å². The van der Waals surface area contributed by atoms with E-state index in [9.17, 15) is 0 Å². The van der Waals surface area contributed by atoms with E-state index in [0.717, 1.165) is 42.5 Å². The van der Waals surface area contributed by atoms with Crippen molar-refractivity contribution in [1.29, 1.82) is 0 Å². The van der Waals surface area contributed by atoms with Crippen molar-refractivity contribution in [2.45, 2.75) is 19.3 Å². The number of rotatable bonds is 5. The molecule has 4 rings (SSSR count). The Morgan fingerprint density at radius 1 is 0.963 bits per heavy atom. The summed E-state index contributed by atoms with van der Waals surface area (Å²) in [6.07, 6.45) is 7.31. The molecule has 1 heterocycles. The van der Waals surface area contributed by atoms with E-state index in [2.05, 4.69) is 75.4 Å². The fourth-order valence-electron chi connectivity index (χ4n) is 3.91. The van der Waals surface area contributed by atoms with Crippen molar-refractivity contribution in [2.24, 2.45) is 5.73 Å². The second kappa shape index (κ2) is 7.65. The van der Waals surface area contributed by atoms with Crippen LogP contribution in [0, 0.1) is 0 Å². The molecule has 27 heavy (non-hydrogen) atoms. The van der Waals surface area contributed by atoms with Crippen molar-refractivity contribution in [3.05, 3.63) is 88.1 Å². The fourth-order valence-corrected chi connectivity index (χ4v) is 4.30. The topological polar surface area (TPSA) is 55.3 Å². The highest BCUT2D eigenvalue weighted by atomic mass is 79.9. The zero-order chi connectivity index (χ0) is 18.8. The van der Waals surface area contributed by atoms with Crippen LogP contribution in [0.3, 0.4) is 0 Å². The highest BCUT2D eigenvalue weighted by molar-refractivity contribution is 9.09.